The first-order valence-electron chi connectivity index (χ1n) is 5.80. The zero-order chi connectivity index (χ0) is 13.0. The first-order chi connectivity index (χ1) is 8.74. The first kappa shape index (κ1) is 13.0. The summed E-state index contributed by atoms with van der Waals surface area (Å²) in [5.41, 5.74) is 5.31. The number of rotatable bonds is 6. The van der Waals surface area contributed by atoms with Gasteiger partial charge in [-0.3, -0.25) is 4.57 Å². The summed E-state index contributed by atoms with van der Waals surface area (Å²) >= 11 is 1.47. The molecule has 0 saturated carbocycles. The molecule has 2 aromatic heterocycles. The molecule has 0 saturated heterocycles. The molecule has 0 amide bonds. The molecular formula is C11H16N4O2S. The van der Waals surface area contributed by atoms with Crippen LogP contribution in [0.15, 0.2) is 26.5 Å². The van der Waals surface area contributed by atoms with E-state index in [1.807, 2.05) is 19.1 Å². The molecule has 0 unspecified atom stereocenters. The molecule has 98 valence electrons. The van der Waals surface area contributed by atoms with Gasteiger partial charge in [0.15, 0.2) is 5.16 Å². The first-order valence-corrected chi connectivity index (χ1v) is 6.78. The summed E-state index contributed by atoms with van der Waals surface area (Å²) in [6.07, 6.45) is 0.894. The van der Waals surface area contributed by atoms with Crippen LogP contribution in [0.1, 0.15) is 24.9 Å². The number of thioether (sulfide) groups is 1. The van der Waals surface area contributed by atoms with Crippen molar-refractivity contribution in [2.45, 2.75) is 37.3 Å². The zero-order valence-electron chi connectivity index (χ0n) is 10.2. The summed E-state index contributed by atoms with van der Waals surface area (Å²) in [5.74, 6) is 2.23. The second-order valence-corrected chi connectivity index (χ2v) is 4.77. The van der Waals surface area contributed by atoms with Crippen molar-refractivity contribution < 1.29 is 4.42 Å². The van der Waals surface area contributed by atoms with Crippen LogP contribution in [0.4, 0.5) is 0 Å². The Balaban J connectivity index is 2.03. The number of nitrogens with zero attached hydrogens (tertiary/aromatic N) is 2. The van der Waals surface area contributed by atoms with Crippen LogP contribution in [0.5, 0.6) is 0 Å². The van der Waals surface area contributed by atoms with Crippen LogP contribution in [0.3, 0.4) is 0 Å². The predicted octanol–water partition coefficient (Wildman–Crippen LogP) is 1.33. The van der Waals surface area contributed by atoms with E-state index in [9.17, 15) is 4.79 Å². The molecule has 0 aromatic carbocycles. The lowest BCUT2D eigenvalue weighted by Gasteiger charge is -2.02. The van der Waals surface area contributed by atoms with Crippen LogP contribution in [0.2, 0.25) is 0 Å². The Morgan fingerprint density at radius 3 is 2.94 bits per heavy atom. The van der Waals surface area contributed by atoms with E-state index < -0.39 is 0 Å². The molecule has 2 aromatic rings. The Morgan fingerprint density at radius 1 is 1.50 bits per heavy atom. The fourth-order valence-corrected chi connectivity index (χ4v) is 2.45. The summed E-state index contributed by atoms with van der Waals surface area (Å²) in [4.78, 5) is 11.5. The second-order valence-electron chi connectivity index (χ2n) is 3.82. The fourth-order valence-electron chi connectivity index (χ4n) is 1.58. The van der Waals surface area contributed by atoms with Crippen LogP contribution in [-0.2, 0) is 18.8 Å². The third-order valence-electron chi connectivity index (χ3n) is 2.43. The van der Waals surface area contributed by atoms with Crippen molar-refractivity contribution in [3.05, 3.63) is 34.1 Å². The Kier molecular flexibility index (Phi) is 4.27. The Morgan fingerprint density at radius 2 is 2.28 bits per heavy atom. The van der Waals surface area contributed by atoms with Gasteiger partial charge in [-0.25, -0.2) is 9.89 Å². The zero-order valence-corrected chi connectivity index (χ0v) is 11.0. The van der Waals surface area contributed by atoms with Gasteiger partial charge in [-0.05, 0) is 18.6 Å². The normalized spacial score (nSPS) is 11.0. The van der Waals surface area contributed by atoms with E-state index in [0.717, 1.165) is 17.9 Å². The van der Waals surface area contributed by atoms with Crippen LogP contribution in [0, 0.1) is 0 Å². The van der Waals surface area contributed by atoms with Crippen LogP contribution >= 0.6 is 11.8 Å². The maximum atomic E-state index is 11.5. The predicted molar refractivity (Wildman–Crippen MR) is 69.3 cm³/mol. The highest BCUT2D eigenvalue weighted by Gasteiger charge is 2.09. The highest BCUT2D eigenvalue weighted by atomic mass is 32.2. The number of nitrogens with one attached hydrogen (secondary N) is 1. The summed E-state index contributed by atoms with van der Waals surface area (Å²) in [5, 5.41) is 7.15. The van der Waals surface area contributed by atoms with Gasteiger partial charge in [0.1, 0.15) is 11.5 Å². The molecule has 2 heterocycles. The van der Waals surface area contributed by atoms with Crippen LogP contribution < -0.4 is 11.4 Å². The average Bonchev–Trinajstić information content (AvgIpc) is 2.96. The number of furan rings is 1. The molecule has 0 spiro atoms. The average molecular weight is 268 g/mol. The number of H-pyrrole nitrogens is 1. The van der Waals surface area contributed by atoms with Gasteiger partial charge in [0.05, 0.1) is 12.3 Å². The van der Waals surface area contributed by atoms with Gasteiger partial charge >= 0.3 is 5.69 Å². The lowest BCUT2D eigenvalue weighted by molar-refractivity contribution is 0.482. The molecule has 0 radical (unpaired) electrons. The van der Waals surface area contributed by atoms with E-state index in [0.29, 0.717) is 24.0 Å². The van der Waals surface area contributed by atoms with Gasteiger partial charge in [0, 0.05) is 6.54 Å². The monoisotopic (exact) mass is 268 g/mol. The van der Waals surface area contributed by atoms with Crippen LogP contribution in [0.25, 0.3) is 0 Å². The van der Waals surface area contributed by atoms with Gasteiger partial charge in [-0.2, -0.15) is 0 Å². The van der Waals surface area contributed by atoms with E-state index in [1.165, 1.54) is 11.8 Å². The Labute approximate surface area is 109 Å². The minimum atomic E-state index is -0.165. The van der Waals surface area contributed by atoms with E-state index in [2.05, 4.69) is 10.2 Å². The molecule has 18 heavy (non-hydrogen) atoms. The number of hydrogen-bond donors (Lipinski definition) is 2. The molecule has 0 aliphatic heterocycles. The minimum absolute atomic E-state index is 0.165. The molecule has 6 nitrogen and oxygen atoms in total. The Bertz CT molecular complexity index is 557. The van der Waals surface area contributed by atoms with Crippen LogP contribution in [-0.4, -0.2) is 14.8 Å². The van der Waals surface area contributed by atoms with Crippen molar-refractivity contribution in [1.82, 2.24) is 14.8 Å². The molecule has 0 aliphatic carbocycles. The number of nitrogens with two attached hydrogens (primary N) is 1. The quantitative estimate of drug-likeness (QED) is 0.771. The van der Waals surface area contributed by atoms with Crippen molar-refractivity contribution in [2.24, 2.45) is 5.73 Å². The molecule has 3 N–H and O–H groups in total. The number of aromatic nitrogens is 3. The van der Waals surface area contributed by atoms with Gasteiger partial charge < -0.3 is 10.2 Å². The van der Waals surface area contributed by atoms with E-state index in [4.69, 9.17) is 10.2 Å². The Hall–Kier alpha value is -1.47. The third-order valence-corrected chi connectivity index (χ3v) is 3.43. The van der Waals surface area contributed by atoms with E-state index in [1.54, 1.807) is 4.57 Å². The van der Waals surface area contributed by atoms with Crippen molar-refractivity contribution in [1.29, 1.82) is 0 Å². The van der Waals surface area contributed by atoms with Crippen molar-refractivity contribution in [2.75, 3.05) is 0 Å². The standard InChI is InChI=1S/C11H16N4O2S/c1-2-5-15-10(16)13-14-11(15)18-7-9-4-3-8(6-12)17-9/h3-4H,2,5-7,12H2,1H3,(H,13,16). The summed E-state index contributed by atoms with van der Waals surface area (Å²) < 4.78 is 7.13. The summed E-state index contributed by atoms with van der Waals surface area (Å²) in [7, 11) is 0. The maximum absolute atomic E-state index is 11.5. The van der Waals surface area contributed by atoms with Gasteiger partial charge in [-0.1, -0.05) is 18.7 Å². The van der Waals surface area contributed by atoms with Gasteiger partial charge in [0.25, 0.3) is 0 Å². The lowest BCUT2D eigenvalue weighted by Crippen LogP contribution is -2.17. The number of aromatic amines is 1. The summed E-state index contributed by atoms with van der Waals surface area (Å²) in [6, 6.07) is 3.75. The third kappa shape index (κ3) is 2.85. The molecule has 2 rings (SSSR count). The maximum Gasteiger partial charge on any atom is 0.343 e. The smallest absolute Gasteiger partial charge is 0.343 e. The molecular weight excluding hydrogens is 252 g/mol. The van der Waals surface area contributed by atoms with Gasteiger partial charge in [0.2, 0.25) is 0 Å². The minimum Gasteiger partial charge on any atom is -0.464 e. The van der Waals surface area contributed by atoms with Crippen molar-refractivity contribution in [3.8, 4) is 0 Å². The molecule has 0 atom stereocenters. The number of hydrogen-bond acceptors (Lipinski definition) is 5. The molecule has 0 fully saturated rings. The second kappa shape index (κ2) is 5.92. The largest absolute Gasteiger partial charge is 0.464 e. The highest BCUT2D eigenvalue weighted by molar-refractivity contribution is 7.98. The van der Waals surface area contributed by atoms with Gasteiger partial charge in [-0.15, -0.1) is 5.10 Å². The van der Waals surface area contributed by atoms with E-state index in [-0.39, 0.29) is 5.69 Å². The van der Waals surface area contributed by atoms with Crippen molar-refractivity contribution >= 4 is 11.8 Å². The molecule has 7 heteroatoms. The SMILES string of the molecule is CCCn1c(SCc2ccc(CN)o2)n[nH]c1=O. The van der Waals surface area contributed by atoms with E-state index >= 15 is 0 Å². The fraction of sp³-hybridized carbons (Fsp3) is 0.455. The highest BCUT2D eigenvalue weighted by Crippen LogP contribution is 2.21. The topological polar surface area (TPSA) is 89.8 Å². The van der Waals surface area contributed by atoms with Crippen molar-refractivity contribution in [3.63, 3.8) is 0 Å². The molecule has 0 aliphatic rings. The summed E-state index contributed by atoms with van der Waals surface area (Å²) in [6.45, 7) is 3.09. The lowest BCUT2D eigenvalue weighted by atomic mass is 10.4. The molecule has 0 bridgehead atoms.